The van der Waals surface area contributed by atoms with Crippen LogP contribution in [0.1, 0.15) is 23.9 Å². The van der Waals surface area contributed by atoms with Crippen LogP contribution >= 0.6 is 0 Å². The topological polar surface area (TPSA) is 73.1 Å². The Bertz CT molecular complexity index is 554. The van der Waals surface area contributed by atoms with Crippen molar-refractivity contribution < 1.29 is 4.74 Å². The van der Waals surface area contributed by atoms with Crippen molar-refractivity contribution in [3.05, 3.63) is 47.3 Å². The number of anilines is 2. The lowest BCUT2D eigenvalue weighted by Crippen LogP contribution is -2.07. The SMILES string of the molecule is CCOCc1nc(N)cc(NCc2ccc(C)cc2)n1. The zero-order valence-corrected chi connectivity index (χ0v) is 11.9. The van der Waals surface area contributed by atoms with Crippen molar-refractivity contribution in [1.29, 1.82) is 0 Å². The average molecular weight is 272 g/mol. The van der Waals surface area contributed by atoms with Crippen molar-refractivity contribution in [3.8, 4) is 0 Å². The summed E-state index contributed by atoms with van der Waals surface area (Å²) in [6.45, 7) is 5.71. The molecule has 0 aliphatic rings. The molecule has 1 aromatic carbocycles. The van der Waals surface area contributed by atoms with Gasteiger partial charge in [0, 0.05) is 19.2 Å². The molecule has 0 spiro atoms. The molecule has 0 bridgehead atoms. The number of hydrogen-bond donors (Lipinski definition) is 2. The molecule has 0 saturated heterocycles. The smallest absolute Gasteiger partial charge is 0.158 e. The van der Waals surface area contributed by atoms with Gasteiger partial charge in [0.25, 0.3) is 0 Å². The van der Waals surface area contributed by atoms with Gasteiger partial charge in [-0.2, -0.15) is 0 Å². The molecule has 0 fully saturated rings. The number of aryl methyl sites for hydroxylation is 1. The van der Waals surface area contributed by atoms with Gasteiger partial charge in [0.15, 0.2) is 5.82 Å². The van der Waals surface area contributed by atoms with E-state index in [1.807, 2.05) is 6.92 Å². The molecule has 1 aromatic heterocycles. The molecule has 2 rings (SSSR count). The Labute approximate surface area is 119 Å². The van der Waals surface area contributed by atoms with E-state index in [0.29, 0.717) is 37.2 Å². The first kappa shape index (κ1) is 14.3. The first-order valence-corrected chi connectivity index (χ1v) is 6.68. The molecule has 0 radical (unpaired) electrons. The van der Waals surface area contributed by atoms with E-state index in [1.165, 1.54) is 11.1 Å². The van der Waals surface area contributed by atoms with Gasteiger partial charge in [-0.1, -0.05) is 29.8 Å². The number of nitrogens with one attached hydrogen (secondary N) is 1. The van der Waals surface area contributed by atoms with Crippen molar-refractivity contribution in [2.45, 2.75) is 27.0 Å². The first-order chi connectivity index (χ1) is 9.67. The van der Waals surface area contributed by atoms with Crippen LogP contribution in [0, 0.1) is 6.92 Å². The quantitative estimate of drug-likeness (QED) is 0.845. The van der Waals surface area contributed by atoms with Gasteiger partial charge in [-0.3, -0.25) is 0 Å². The van der Waals surface area contributed by atoms with Crippen LogP contribution in [0.3, 0.4) is 0 Å². The number of hydrogen-bond acceptors (Lipinski definition) is 5. The van der Waals surface area contributed by atoms with Gasteiger partial charge in [-0.25, -0.2) is 9.97 Å². The van der Waals surface area contributed by atoms with Crippen molar-refractivity contribution in [3.63, 3.8) is 0 Å². The maximum Gasteiger partial charge on any atom is 0.158 e. The Morgan fingerprint density at radius 2 is 1.95 bits per heavy atom. The van der Waals surface area contributed by atoms with Crippen LogP contribution < -0.4 is 11.1 Å². The zero-order chi connectivity index (χ0) is 14.4. The maximum absolute atomic E-state index is 5.77. The van der Waals surface area contributed by atoms with Crippen LogP contribution in [0.2, 0.25) is 0 Å². The predicted octanol–water partition coefficient (Wildman–Crippen LogP) is 2.52. The lowest BCUT2D eigenvalue weighted by molar-refractivity contribution is 0.128. The number of rotatable bonds is 6. The van der Waals surface area contributed by atoms with E-state index in [0.717, 1.165) is 0 Å². The van der Waals surface area contributed by atoms with Gasteiger partial charge in [-0.15, -0.1) is 0 Å². The molecular formula is C15H20N4O. The summed E-state index contributed by atoms with van der Waals surface area (Å²) in [5.41, 5.74) is 8.22. The van der Waals surface area contributed by atoms with E-state index < -0.39 is 0 Å². The minimum absolute atomic E-state index is 0.376. The van der Waals surface area contributed by atoms with Gasteiger partial charge < -0.3 is 15.8 Å². The largest absolute Gasteiger partial charge is 0.384 e. The van der Waals surface area contributed by atoms with Crippen LogP contribution in [0.15, 0.2) is 30.3 Å². The third-order valence-corrected chi connectivity index (χ3v) is 2.82. The summed E-state index contributed by atoms with van der Waals surface area (Å²) in [4.78, 5) is 8.52. The number of nitrogens with two attached hydrogens (primary N) is 1. The molecule has 2 aromatic rings. The fourth-order valence-corrected chi connectivity index (χ4v) is 1.76. The summed E-state index contributed by atoms with van der Waals surface area (Å²) in [7, 11) is 0. The Morgan fingerprint density at radius 1 is 1.20 bits per heavy atom. The van der Waals surface area contributed by atoms with Gasteiger partial charge in [0.2, 0.25) is 0 Å². The standard InChI is InChI=1S/C15H20N4O/c1-3-20-10-15-18-13(16)8-14(19-15)17-9-12-6-4-11(2)5-7-12/h4-8H,3,9-10H2,1-2H3,(H3,16,17,18,19). The Hall–Kier alpha value is -2.14. The summed E-state index contributed by atoms with van der Waals surface area (Å²) in [5, 5.41) is 3.25. The summed E-state index contributed by atoms with van der Waals surface area (Å²) >= 11 is 0. The fourth-order valence-electron chi connectivity index (χ4n) is 1.76. The molecule has 0 aliphatic heterocycles. The van der Waals surface area contributed by atoms with Crippen molar-refractivity contribution >= 4 is 11.6 Å². The number of nitrogens with zero attached hydrogens (tertiary/aromatic N) is 2. The summed E-state index contributed by atoms with van der Waals surface area (Å²) in [6, 6.07) is 10.1. The van der Waals surface area contributed by atoms with E-state index >= 15 is 0 Å². The molecule has 106 valence electrons. The minimum atomic E-state index is 0.376. The molecular weight excluding hydrogens is 252 g/mol. The fraction of sp³-hybridized carbons (Fsp3) is 0.333. The summed E-state index contributed by atoms with van der Waals surface area (Å²) in [6.07, 6.45) is 0. The van der Waals surface area contributed by atoms with Crippen LogP contribution in [-0.2, 0) is 17.9 Å². The second-order valence-electron chi connectivity index (χ2n) is 4.57. The Balaban J connectivity index is 2.01. The van der Waals surface area contributed by atoms with Gasteiger partial charge in [0.05, 0.1) is 0 Å². The molecule has 1 heterocycles. The van der Waals surface area contributed by atoms with Crippen LogP contribution in [-0.4, -0.2) is 16.6 Å². The van der Waals surface area contributed by atoms with Crippen LogP contribution in [0.5, 0.6) is 0 Å². The average Bonchev–Trinajstić information content (AvgIpc) is 2.44. The first-order valence-electron chi connectivity index (χ1n) is 6.68. The predicted molar refractivity (Wildman–Crippen MR) is 80.3 cm³/mol. The van der Waals surface area contributed by atoms with Gasteiger partial charge in [-0.05, 0) is 19.4 Å². The third kappa shape index (κ3) is 4.20. The normalized spacial score (nSPS) is 10.5. The highest BCUT2D eigenvalue weighted by atomic mass is 16.5. The number of benzene rings is 1. The van der Waals surface area contributed by atoms with Crippen LogP contribution in [0.25, 0.3) is 0 Å². The van der Waals surface area contributed by atoms with Crippen molar-refractivity contribution in [1.82, 2.24) is 9.97 Å². The molecule has 5 heteroatoms. The number of ether oxygens (including phenoxy) is 1. The molecule has 0 unspecified atom stereocenters. The van der Waals surface area contributed by atoms with Crippen molar-refractivity contribution in [2.75, 3.05) is 17.7 Å². The van der Waals surface area contributed by atoms with Gasteiger partial charge in [0.1, 0.15) is 18.2 Å². The maximum atomic E-state index is 5.77. The lowest BCUT2D eigenvalue weighted by Gasteiger charge is -2.09. The lowest BCUT2D eigenvalue weighted by atomic mass is 10.1. The molecule has 3 N–H and O–H groups in total. The van der Waals surface area contributed by atoms with Crippen LogP contribution in [0.4, 0.5) is 11.6 Å². The molecule has 0 aliphatic carbocycles. The third-order valence-electron chi connectivity index (χ3n) is 2.82. The second kappa shape index (κ2) is 6.86. The second-order valence-corrected chi connectivity index (χ2v) is 4.57. The highest BCUT2D eigenvalue weighted by Crippen LogP contribution is 2.11. The van der Waals surface area contributed by atoms with E-state index in [4.69, 9.17) is 10.5 Å². The minimum Gasteiger partial charge on any atom is -0.384 e. The molecule has 0 saturated carbocycles. The molecule has 0 amide bonds. The van der Waals surface area contributed by atoms with Gasteiger partial charge >= 0.3 is 0 Å². The molecule has 20 heavy (non-hydrogen) atoms. The van der Waals surface area contributed by atoms with E-state index in [2.05, 4.69) is 46.5 Å². The summed E-state index contributed by atoms with van der Waals surface area (Å²) < 4.78 is 5.30. The zero-order valence-electron chi connectivity index (χ0n) is 11.9. The number of nitrogen functional groups attached to an aromatic ring is 1. The van der Waals surface area contributed by atoms with E-state index in [1.54, 1.807) is 6.07 Å². The highest BCUT2D eigenvalue weighted by molar-refractivity contribution is 5.45. The monoisotopic (exact) mass is 272 g/mol. The highest BCUT2D eigenvalue weighted by Gasteiger charge is 2.03. The summed E-state index contributed by atoms with van der Waals surface area (Å²) in [5.74, 6) is 1.76. The van der Waals surface area contributed by atoms with E-state index in [-0.39, 0.29) is 0 Å². The Morgan fingerprint density at radius 3 is 2.65 bits per heavy atom. The number of aromatic nitrogens is 2. The van der Waals surface area contributed by atoms with Crippen molar-refractivity contribution in [2.24, 2.45) is 0 Å². The molecule has 5 nitrogen and oxygen atoms in total. The molecule has 0 atom stereocenters. The van der Waals surface area contributed by atoms with E-state index in [9.17, 15) is 0 Å². The Kier molecular flexibility index (Phi) is 4.90.